The minimum atomic E-state index is 0. The number of anilines is 3. The molecule has 6 rings (SSSR count). The van der Waals surface area contributed by atoms with Crippen molar-refractivity contribution >= 4 is 29.1 Å². The first-order valence-corrected chi connectivity index (χ1v) is 14.7. The zero-order chi connectivity index (χ0) is 28.2. The molecule has 2 heterocycles. The molecule has 4 aromatic carbocycles. The first-order valence-electron chi connectivity index (χ1n) is 13.9. The smallest absolute Gasteiger partial charge is 0.320 e. The molecule has 0 atom stereocenters. The van der Waals surface area contributed by atoms with Crippen LogP contribution in [0.5, 0.6) is 0 Å². The molecule has 7 heteroatoms. The molecule has 0 amide bonds. The minimum Gasteiger partial charge on any atom is -0.320 e. The second-order valence-corrected chi connectivity index (χ2v) is 10.7. The van der Waals surface area contributed by atoms with Crippen LogP contribution >= 0.6 is 11.8 Å². The number of aryl methyl sites for hydroxylation is 3. The summed E-state index contributed by atoms with van der Waals surface area (Å²) in [7, 11) is 2.01. The van der Waals surface area contributed by atoms with Gasteiger partial charge in [0.15, 0.2) is 5.16 Å². The van der Waals surface area contributed by atoms with E-state index in [1.807, 2.05) is 60.4 Å². The van der Waals surface area contributed by atoms with E-state index in [2.05, 4.69) is 101 Å². The molecular weight excluding hydrogens is 718 g/mol. The van der Waals surface area contributed by atoms with E-state index in [1.54, 1.807) is 11.8 Å². The summed E-state index contributed by atoms with van der Waals surface area (Å²) in [5.41, 5.74) is 7.62. The van der Waals surface area contributed by atoms with Crippen molar-refractivity contribution in [3.05, 3.63) is 133 Å². The SMILES string of the molecule is CCc1cccc(CC)c1-n1cc(-c2[c-]cccc2)nc1Sc1[c-]c(N(c2ccccc2)c2nccn2C)ccc1.[Pt+2]. The normalized spacial score (nSPS) is 10.8. The van der Waals surface area contributed by atoms with Gasteiger partial charge in [-0.25, -0.2) is 4.98 Å². The molecule has 0 N–H and O–H groups in total. The summed E-state index contributed by atoms with van der Waals surface area (Å²) in [6.45, 7) is 4.42. The predicted octanol–water partition coefficient (Wildman–Crippen LogP) is 8.62. The van der Waals surface area contributed by atoms with Gasteiger partial charge in [0.05, 0.1) is 5.69 Å². The van der Waals surface area contributed by atoms with E-state index in [1.165, 1.54) is 16.8 Å². The Bertz CT molecular complexity index is 1740. The molecule has 0 aliphatic rings. The third-order valence-electron chi connectivity index (χ3n) is 7.07. The van der Waals surface area contributed by atoms with Crippen LogP contribution in [0.4, 0.5) is 17.3 Å². The second kappa shape index (κ2) is 13.4. The molecular formula is C35H31N5PtS. The Morgan fingerprint density at radius 3 is 2.26 bits per heavy atom. The number of nitrogens with zero attached hydrogens (tertiary/aromatic N) is 5. The number of benzene rings is 4. The van der Waals surface area contributed by atoms with Gasteiger partial charge in [0.2, 0.25) is 5.95 Å². The Hall–Kier alpha value is -3.86. The first kappa shape index (κ1) is 29.6. The van der Waals surface area contributed by atoms with Crippen molar-refractivity contribution in [2.24, 2.45) is 7.05 Å². The number of rotatable bonds is 9. The number of aromatic nitrogens is 4. The maximum Gasteiger partial charge on any atom is 2.00 e. The third-order valence-corrected chi connectivity index (χ3v) is 8.00. The largest absolute Gasteiger partial charge is 2.00 e. The molecule has 2 aromatic heterocycles. The predicted molar refractivity (Wildman–Crippen MR) is 167 cm³/mol. The number of para-hydroxylation sites is 2. The van der Waals surface area contributed by atoms with Gasteiger partial charge in [-0.2, -0.15) is 12.1 Å². The molecule has 5 nitrogen and oxygen atoms in total. The molecule has 0 saturated carbocycles. The van der Waals surface area contributed by atoms with E-state index in [9.17, 15) is 0 Å². The van der Waals surface area contributed by atoms with Gasteiger partial charge in [-0.05, 0) is 42.3 Å². The van der Waals surface area contributed by atoms with Gasteiger partial charge >= 0.3 is 21.1 Å². The molecule has 0 bridgehead atoms. The molecule has 212 valence electrons. The van der Waals surface area contributed by atoms with Crippen LogP contribution in [0.2, 0.25) is 0 Å². The molecule has 6 aromatic rings. The van der Waals surface area contributed by atoms with E-state index < -0.39 is 0 Å². The quantitative estimate of drug-likeness (QED) is 0.139. The van der Waals surface area contributed by atoms with E-state index in [4.69, 9.17) is 4.98 Å². The molecule has 0 aliphatic heterocycles. The fraction of sp³-hybridized carbons (Fsp3) is 0.143. The van der Waals surface area contributed by atoms with Gasteiger partial charge in [0.1, 0.15) is 0 Å². The summed E-state index contributed by atoms with van der Waals surface area (Å²) in [4.78, 5) is 12.9. The summed E-state index contributed by atoms with van der Waals surface area (Å²) in [6.07, 6.45) is 7.81. The summed E-state index contributed by atoms with van der Waals surface area (Å²) in [5.74, 6) is 0.822. The second-order valence-electron chi connectivity index (χ2n) is 9.70. The Morgan fingerprint density at radius 1 is 0.857 bits per heavy atom. The molecule has 0 aliphatic carbocycles. The van der Waals surface area contributed by atoms with Crippen LogP contribution in [-0.4, -0.2) is 19.1 Å². The van der Waals surface area contributed by atoms with Gasteiger partial charge in [-0.15, -0.1) is 48.0 Å². The van der Waals surface area contributed by atoms with Gasteiger partial charge < -0.3 is 14.0 Å². The Kier molecular flexibility index (Phi) is 9.46. The van der Waals surface area contributed by atoms with Gasteiger partial charge in [0, 0.05) is 30.8 Å². The van der Waals surface area contributed by atoms with E-state index in [0.717, 1.165) is 51.5 Å². The standard InChI is InChI=1S/C35H31N5S.Pt/c1-4-26-16-12-17-27(5-2)33(26)39-25-32(28-14-8-6-9-15-28)37-35(39)41-31-21-13-20-30(24-31)40(29-18-10-7-11-19-29)34-36-22-23-38(34)3;/h6-14,16-23,25H,4-5H2,1-3H3;/q-2;+2. The van der Waals surface area contributed by atoms with Crippen molar-refractivity contribution in [1.29, 1.82) is 0 Å². The van der Waals surface area contributed by atoms with E-state index in [-0.39, 0.29) is 21.1 Å². The summed E-state index contributed by atoms with van der Waals surface area (Å²) in [6, 6.07) is 38.1. The zero-order valence-corrected chi connectivity index (χ0v) is 26.9. The van der Waals surface area contributed by atoms with Crippen molar-refractivity contribution in [1.82, 2.24) is 19.1 Å². The Morgan fingerprint density at radius 2 is 1.60 bits per heavy atom. The van der Waals surface area contributed by atoms with Crippen LogP contribution in [0, 0.1) is 12.1 Å². The van der Waals surface area contributed by atoms with Crippen LogP contribution < -0.4 is 4.90 Å². The topological polar surface area (TPSA) is 38.9 Å². The number of imidazole rings is 2. The summed E-state index contributed by atoms with van der Waals surface area (Å²) < 4.78 is 4.27. The van der Waals surface area contributed by atoms with Gasteiger partial charge in [-0.1, -0.05) is 72.6 Å². The van der Waals surface area contributed by atoms with Crippen LogP contribution in [0.1, 0.15) is 25.0 Å². The number of hydrogen-bond acceptors (Lipinski definition) is 4. The first-order chi connectivity index (χ1) is 20.2. The average Bonchev–Trinajstić information content (AvgIpc) is 3.64. The monoisotopic (exact) mass is 748 g/mol. The molecule has 0 unspecified atom stereocenters. The molecule has 0 saturated heterocycles. The van der Waals surface area contributed by atoms with Crippen LogP contribution in [0.15, 0.2) is 120 Å². The minimum absolute atomic E-state index is 0. The Labute approximate surface area is 266 Å². The van der Waals surface area contributed by atoms with Gasteiger partial charge in [-0.3, -0.25) is 4.98 Å². The van der Waals surface area contributed by atoms with E-state index >= 15 is 0 Å². The molecule has 0 radical (unpaired) electrons. The number of hydrogen-bond donors (Lipinski definition) is 0. The molecule has 42 heavy (non-hydrogen) atoms. The average molecular weight is 749 g/mol. The maximum atomic E-state index is 5.14. The van der Waals surface area contributed by atoms with Crippen molar-refractivity contribution in [2.75, 3.05) is 4.90 Å². The van der Waals surface area contributed by atoms with Gasteiger partial charge in [0.25, 0.3) is 0 Å². The van der Waals surface area contributed by atoms with Crippen molar-refractivity contribution in [3.63, 3.8) is 0 Å². The van der Waals surface area contributed by atoms with Crippen molar-refractivity contribution in [3.8, 4) is 16.9 Å². The molecule has 0 fully saturated rings. The Balaban J connectivity index is 0.00000353. The van der Waals surface area contributed by atoms with Crippen LogP contribution in [0.25, 0.3) is 16.9 Å². The van der Waals surface area contributed by atoms with E-state index in [0.29, 0.717) is 0 Å². The zero-order valence-electron chi connectivity index (χ0n) is 23.8. The van der Waals surface area contributed by atoms with Crippen molar-refractivity contribution in [2.45, 2.75) is 36.7 Å². The van der Waals surface area contributed by atoms with Crippen LogP contribution in [-0.2, 0) is 41.0 Å². The summed E-state index contributed by atoms with van der Waals surface area (Å²) in [5, 5.41) is 0.893. The van der Waals surface area contributed by atoms with Crippen molar-refractivity contribution < 1.29 is 21.1 Å². The third kappa shape index (κ3) is 6.01. The fourth-order valence-corrected chi connectivity index (χ4v) is 5.92. The fourth-order valence-electron chi connectivity index (χ4n) is 5.04. The maximum absolute atomic E-state index is 5.14. The summed E-state index contributed by atoms with van der Waals surface area (Å²) >= 11 is 1.62. The van der Waals surface area contributed by atoms with Crippen LogP contribution in [0.3, 0.4) is 0 Å². The molecule has 0 spiro atoms.